The molecule has 2 saturated heterocycles. The van der Waals surface area contributed by atoms with Crippen LogP contribution in [0.4, 0.5) is 11.5 Å². The number of nitrogens with one attached hydrogen (secondary N) is 1. The summed E-state index contributed by atoms with van der Waals surface area (Å²) in [6.45, 7) is 5.90. The molecule has 0 radical (unpaired) electrons. The van der Waals surface area contributed by atoms with Crippen molar-refractivity contribution in [3.63, 3.8) is 0 Å². The lowest BCUT2D eigenvalue weighted by Gasteiger charge is -2.35. The summed E-state index contributed by atoms with van der Waals surface area (Å²) in [5, 5.41) is 14.1. The molecule has 0 saturated carbocycles. The fraction of sp³-hybridized carbons (Fsp3) is 0.462. The number of amides is 1. The molecule has 37 heavy (non-hydrogen) atoms. The summed E-state index contributed by atoms with van der Waals surface area (Å²) < 4.78 is 28.1. The van der Waals surface area contributed by atoms with E-state index < -0.39 is 10.0 Å². The Morgan fingerprint density at radius 2 is 1.97 bits per heavy atom. The van der Waals surface area contributed by atoms with E-state index in [1.807, 2.05) is 26.1 Å². The molecule has 11 heteroatoms. The van der Waals surface area contributed by atoms with Gasteiger partial charge in [0.25, 0.3) is 5.91 Å². The summed E-state index contributed by atoms with van der Waals surface area (Å²) >= 11 is 0. The van der Waals surface area contributed by atoms with Crippen molar-refractivity contribution >= 4 is 33.1 Å². The predicted molar refractivity (Wildman–Crippen MR) is 141 cm³/mol. The van der Waals surface area contributed by atoms with Gasteiger partial charge < -0.3 is 9.80 Å². The highest BCUT2D eigenvalue weighted by Crippen LogP contribution is 2.34. The van der Waals surface area contributed by atoms with Crippen molar-refractivity contribution in [2.24, 2.45) is 5.92 Å². The molecule has 2 fully saturated rings. The average Bonchev–Trinajstić information content (AvgIpc) is 3.50. The highest BCUT2D eigenvalue weighted by molar-refractivity contribution is 7.92. The average molecular weight is 522 g/mol. The smallest absolute Gasteiger partial charge is 0.256 e. The second-order valence-corrected chi connectivity index (χ2v) is 11.9. The number of nitriles is 1. The van der Waals surface area contributed by atoms with Gasteiger partial charge in [0.05, 0.1) is 41.2 Å². The first-order chi connectivity index (χ1) is 17.6. The number of rotatable bonds is 5. The van der Waals surface area contributed by atoms with Gasteiger partial charge in [0.2, 0.25) is 10.0 Å². The third-order valence-electron chi connectivity index (χ3n) is 7.10. The van der Waals surface area contributed by atoms with E-state index >= 15 is 0 Å². The highest BCUT2D eigenvalue weighted by atomic mass is 32.2. The lowest BCUT2D eigenvalue weighted by atomic mass is 9.97. The maximum Gasteiger partial charge on any atom is 0.256 e. The van der Waals surface area contributed by atoms with Crippen molar-refractivity contribution in [3.8, 4) is 6.07 Å². The normalized spacial score (nSPS) is 20.3. The largest absolute Gasteiger partial charge is 0.355 e. The van der Waals surface area contributed by atoms with Gasteiger partial charge in [0.1, 0.15) is 5.82 Å². The molecule has 1 amide bonds. The van der Waals surface area contributed by atoms with Crippen LogP contribution in [0.1, 0.15) is 58.9 Å². The third-order valence-corrected chi connectivity index (χ3v) is 7.69. The van der Waals surface area contributed by atoms with E-state index in [9.17, 15) is 18.5 Å². The van der Waals surface area contributed by atoms with Crippen LogP contribution < -0.4 is 9.62 Å². The van der Waals surface area contributed by atoms with Crippen LogP contribution in [0.3, 0.4) is 0 Å². The zero-order chi connectivity index (χ0) is 26.3. The Kier molecular flexibility index (Phi) is 6.54. The zero-order valence-electron chi connectivity index (χ0n) is 21.3. The number of aromatic nitrogens is 3. The number of carbonyl (C=O) groups excluding carboxylic acids is 1. The minimum absolute atomic E-state index is 0.0170. The van der Waals surface area contributed by atoms with Gasteiger partial charge in [0, 0.05) is 37.5 Å². The van der Waals surface area contributed by atoms with Gasteiger partial charge in [-0.3, -0.25) is 9.52 Å². The Balaban J connectivity index is 1.48. The number of hydrogen-bond donors (Lipinski definition) is 1. The number of nitrogens with zero attached hydrogens (tertiary/aromatic N) is 6. The quantitative estimate of drug-likeness (QED) is 0.545. The van der Waals surface area contributed by atoms with Crippen LogP contribution in [0, 0.1) is 31.1 Å². The van der Waals surface area contributed by atoms with Gasteiger partial charge in [-0.25, -0.2) is 17.9 Å². The third kappa shape index (κ3) is 5.11. The molecule has 4 heterocycles. The van der Waals surface area contributed by atoms with E-state index in [-0.39, 0.29) is 23.6 Å². The van der Waals surface area contributed by atoms with Gasteiger partial charge in [-0.05, 0) is 51.7 Å². The summed E-state index contributed by atoms with van der Waals surface area (Å²) in [4.78, 5) is 22.6. The molecule has 0 bridgehead atoms. The minimum Gasteiger partial charge on any atom is -0.355 e. The summed E-state index contributed by atoms with van der Waals surface area (Å²) in [6, 6.07) is 9.19. The Bertz CT molecular complexity index is 1510. The molecule has 5 rings (SSSR count). The zero-order valence-corrected chi connectivity index (χ0v) is 22.1. The molecule has 2 aromatic heterocycles. The Morgan fingerprint density at radius 1 is 1.16 bits per heavy atom. The van der Waals surface area contributed by atoms with Crippen molar-refractivity contribution in [2.45, 2.75) is 45.6 Å². The monoisotopic (exact) mass is 521 g/mol. The number of anilines is 2. The van der Waals surface area contributed by atoms with Gasteiger partial charge >= 0.3 is 0 Å². The predicted octanol–water partition coefficient (Wildman–Crippen LogP) is 3.43. The number of likely N-dealkylation sites (tertiary alicyclic amines) is 1. The van der Waals surface area contributed by atoms with Gasteiger partial charge in [0.15, 0.2) is 5.65 Å². The molecule has 3 aromatic rings. The van der Waals surface area contributed by atoms with E-state index in [4.69, 9.17) is 10.1 Å². The van der Waals surface area contributed by atoms with Crippen molar-refractivity contribution < 1.29 is 13.2 Å². The van der Waals surface area contributed by atoms with E-state index in [2.05, 4.69) is 15.7 Å². The van der Waals surface area contributed by atoms with Crippen LogP contribution in [0.2, 0.25) is 0 Å². The van der Waals surface area contributed by atoms with Gasteiger partial charge in [-0.15, -0.1) is 0 Å². The fourth-order valence-corrected chi connectivity index (χ4v) is 5.90. The van der Waals surface area contributed by atoms with Crippen LogP contribution in [-0.4, -0.2) is 59.7 Å². The topological polar surface area (TPSA) is 124 Å². The summed E-state index contributed by atoms with van der Waals surface area (Å²) in [7, 11) is -3.55. The molecule has 0 unspecified atom stereocenters. The van der Waals surface area contributed by atoms with Crippen LogP contribution >= 0.6 is 0 Å². The number of piperidine rings is 1. The lowest BCUT2D eigenvalue weighted by Crippen LogP contribution is -2.39. The second-order valence-electron chi connectivity index (χ2n) is 10.1. The molecule has 2 atom stereocenters. The number of aryl methyl sites for hydroxylation is 2. The Hall–Kier alpha value is -3.65. The maximum absolute atomic E-state index is 13.8. The molecule has 1 N–H and O–H groups in total. The number of carbonyl (C=O) groups is 1. The molecular weight excluding hydrogens is 490 g/mol. The number of hydrogen-bond acceptors (Lipinski definition) is 7. The van der Waals surface area contributed by atoms with Crippen LogP contribution in [0.5, 0.6) is 0 Å². The van der Waals surface area contributed by atoms with E-state index in [1.54, 1.807) is 27.6 Å². The Morgan fingerprint density at radius 3 is 2.70 bits per heavy atom. The van der Waals surface area contributed by atoms with Gasteiger partial charge in [-0.2, -0.15) is 10.4 Å². The van der Waals surface area contributed by atoms with Crippen molar-refractivity contribution in [1.29, 1.82) is 5.26 Å². The molecule has 0 aliphatic carbocycles. The van der Waals surface area contributed by atoms with Crippen LogP contribution in [0.15, 0.2) is 30.5 Å². The molecule has 10 nitrogen and oxygen atoms in total. The number of sulfonamides is 1. The fourth-order valence-electron chi connectivity index (χ4n) is 5.32. The molecule has 1 aromatic carbocycles. The highest BCUT2D eigenvalue weighted by Gasteiger charge is 2.32. The first-order valence-electron chi connectivity index (χ1n) is 12.5. The maximum atomic E-state index is 13.8. The van der Waals surface area contributed by atoms with Crippen molar-refractivity contribution in [2.75, 3.05) is 35.5 Å². The molecule has 2 aliphatic rings. The number of fused-ring (bicyclic) bond motifs is 1. The first-order valence-corrected chi connectivity index (χ1v) is 14.4. The summed E-state index contributed by atoms with van der Waals surface area (Å²) in [5.41, 5.74) is 3.92. The van der Waals surface area contributed by atoms with E-state index in [1.165, 1.54) is 0 Å². The second kappa shape index (κ2) is 9.67. The van der Waals surface area contributed by atoms with Gasteiger partial charge in [-0.1, -0.05) is 11.6 Å². The SMILES string of the molecule is Cc1ccc(NS(C)(=O)=O)c(C(=O)N2CCCC[C@H]2c2cc3nc(N4CC[C@@H](C#N)C4)c(C)cn3n2)c1. The molecular formula is C26H31N7O3S. The molecule has 2 aliphatic heterocycles. The van der Waals surface area contributed by atoms with Crippen LogP contribution in [0.25, 0.3) is 5.65 Å². The van der Waals surface area contributed by atoms with E-state index in [0.717, 1.165) is 61.1 Å². The Labute approximate surface area is 216 Å². The van der Waals surface area contributed by atoms with Crippen molar-refractivity contribution in [1.82, 2.24) is 19.5 Å². The summed E-state index contributed by atoms with van der Waals surface area (Å²) in [5.74, 6) is 0.661. The first kappa shape index (κ1) is 25.0. The minimum atomic E-state index is -3.55. The molecule has 194 valence electrons. The van der Waals surface area contributed by atoms with Crippen molar-refractivity contribution in [3.05, 3.63) is 52.8 Å². The molecule has 0 spiro atoms. The lowest BCUT2D eigenvalue weighted by molar-refractivity contribution is 0.0606. The van der Waals surface area contributed by atoms with Crippen LogP contribution in [-0.2, 0) is 10.0 Å². The standard InChI is InChI=1S/C26H31N7O3S/c1-17-7-8-21(30-37(3,35)36)20(12-17)26(34)32-10-5-4-6-23(32)22-13-24-28-25(18(2)15-33(24)29-22)31-11-9-19(14-27)16-31/h7-8,12-13,15,19,23,30H,4-6,9-11,16H2,1-3H3/t19-,23-/m0/s1. The number of benzene rings is 1. The summed E-state index contributed by atoms with van der Waals surface area (Å²) in [6.07, 6.45) is 6.45. The van der Waals surface area contributed by atoms with E-state index in [0.29, 0.717) is 24.3 Å².